The Morgan fingerprint density at radius 1 is 0.900 bits per heavy atom. The first-order valence-electron chi connectivity index (χ1n) is 2.06. The summed E-state index contributed by atoms with van der Waals surface area (Å²) in [6.07, 6.45) is 0. The van der Waals surface area contributed by atoms with Gasteiger partial charge in [0.2, 0.25) is 0 Å². The fraction of sp³-hybridized carbons (Fsp3) is 0.500. The molecule has 0 heterocycles. The summed E-state index contributed by atoms with van der Waals surface area (Å²) in [6, 6.07) is 0. The van der Waals surface area contributed by atoms with Gasteiger partial charge >= 0.3 is 0 Å². The molecule has 0 rings (SSSR count). The molecule has 10 heavy (non-hydrogen) atoms. The number of carboxylic acids is 2. The zero-order valence-electron chi connectivity index (χ0n) is 5.61. The summed E-state index contributed by atoms with van der Waals surface area (Å²) in [5, 5.41) is 26.8. The number of rotatable bonds is 0. The van der Waals surface area contributed by atoms with E-state index in [1.807, 2.05) is 0 Å². The van der Waals surface area contributed by atoms with Crippen molar-refractivity contribution in [2.45, 2.75) is 13.8 Å². The highest BCUT2D eigenvalue weighted by molar-refractivity contribution is 5.63. The molecule has 0 radical (unpaired) electrons. The third-order valence-electron chi connectivity index (χ3n) is 0. The highest BCUT2D eigenvalue weighted by atomic mass is 17.0. The van der Waals surface area contributed by atoms with Crippen LogP contribution < -0.4 is 0 Å². The Balaban J connectivity index is -0.0000000787. The first kappa shape index (κ1) is 15.9. The van der Waals surface area contributed by atoms with E-state index in [-0.39, 0.29) is 0 Å². The molecule has 0 aliphatic heterocycles. The fourth-order valence-corrected chi connectivity index (χ4v) is 0. The fourth-order valence-electron chi connectivity index (χ4n) is 0. The molecule has 0 saturated carbocycles. The van der Waals surface area contributed by atoms with Gasteiger partial charge in [-0.3, -0.25) is 20.1 Å². The van der Waals surface area contributed by atoms with Crippen LogP contribution >= 0.6 is 0 Å². The van der Waals surface area contributed by atoms with Crippen molar-refractivity contribution in [3.05, 3.63) is 0 Å². The molecule has 6 heteroatoms. The summed E-state index contributed by atoms with van der Waals surface area (Å²) in [5.74, 6) is -1.67. The minimum absolute atomic E-state index is 0.833. The van der Waals surface area contributed by atoms with E-state index in [1.165, 1.54) is 0 Å². The second kappa shape index (κ2) is 15.7. The maximum absolute atomic E-state index is 9.00. The highest BCUT2D eigenvalue weighted by Crippen LogP contribution is 1.42. The van der Waals surface area contributed by atoms with Crippen molar-refractivity contribution in [3.8, 4) is 0 Å². The molecule has 0 amide bonds. The maximum Gasteiger partial charge on any atom is 0.300 e. The van der Waals surface area contributed by atoms with Crippen LogP contribution in [0.5, 0.6) is 0 Å². The number of hydrogen-bond acceptors (Lipinski definition) is 4. The van der Waals surface area contributed by atoms with Crippen LogP contribution in [0.1, 0.15) is 13.8 Å². The largest absolute Gasteiger partial charge is 0.481 e. The topological polar surface area (TPSA) is 115 Å². The summed E-state index contributed by atoms with van der Waals surface area (Å²) in [5.41, 5.74) is 0. The van der Waals surface area contributed by atoms with Gasteiger partial charge in [-0.15, -0.1) is 0 Å². The zero-order chi connectivity index (χ0) is 9.15. The second-order valence-electron chi connectivity index (χ2n) is 1.04. The Morgan fingerprint density at radius 3 is 0.900 bits per heavy atom. The van der Waals surface area contributed by atoms with E-state index in [2.05, 4.69) is 0 Å². The molecule has 62 valence electrons. The summed E-state index contributed by atoms with van der Waals surface area (Å²) < 4.78 is 0. The van der Waals surface area contributed by atoms with Gasteiger partial charge in [0, 0.05) is 13.8 Å². The lowest BCUT2D eigenvalue weighted by molar-refractivity contribution is -0.176. The number of hydrogen-bond donors (Lipinski definition) is 4. The minimum Gasteiger partial charge on any atom is -0.481 e. The zero-order valence-corrected chi connectivity index (χ0v) is 5.61. The van der Waals surface area contributed by atoms with Gasteiger partial charge in [0.25, 0.3) is 11.9 Å². The van der Waals surface area contributed by atoms with E-state index in [0.29, 0.717) is 0 Å². The molecule has 0 atom stereocenters. The Hall–Kier alpha value is -1.14. The molecule has 0 aliphatic carbocycles. The summed E-state index contributed by atoms with van der Waals surface area (Å²) >= 11 is 0. The van der Waals surface area contributed by atoms with Gasteiger partial charge in [-0.2, -0.15) is 0 Å². The van der Waals surface area contributed by atoms with Crippen LogP contribution in [-0.4, -0.2) is 32.7 Å². The summed E-state index contributed by atoms with van der Waals surface area (Å²) in [7, 11) is 0. The standard InChI is InChI=1S/2C2H4O2.H2O2/c2*1-2(3)4;1-2/h2*1H3,(H,3,4);1-2H. The molecular formula is C4H10O6. The van der Waals surface area contributed by atoms with Crippen LogP contribution in [0.15, 0.2) is 0 Å². The van der Waals surface area contributed by atoms with Crippen molar-refractivity contribution in [3.63, 3.8) is 0 Å². The summed E-state index contributed by atoms with van der Waals surface area (Å²) in [4.78, 5) is 18.0. The van der Waals surface area contributed by atoms with Crippen molar-refractivity contribution in [2.24, 2.45) is 0 Å². The molecule has 0 aromatic heterocycles. The molecule has 0 aliphatic rings. The van der Waals surface area contributed by atoms with E-state index in [0.717, 1.165) is 13.8 Å². The Labute approximate surface area is 57.3 Å². The predicted molar refractivity (Wildman–Crippen MR) is 31.9 cm³/mol. The van der Waals surface area contributed by atoms with Crippen LogP contribution in [0.4, 0.5) is 0 Å². The molecule has 4 N–H and O–H groups in total. The SMILES string of the molecule is CC(=O)O.CC(=O)O.OO. The van der Waals surface area contributed by atoms with Crippen LogP contribution in [0.25, 0.3) is 0 Å². The van der Waals surface area contributed by atoms with Gasteiger partial charge in [-0.1, -0.05) is 0 Å². The van der Waals surface area contributed by atoms with Crippen LogP contribution in [0, 0.1) is 0 Å². The Bertz CT molecular complexity index is 67.7. The van der Waals surface area contributed by atoms with Gasteiger partial charge in [0.05, 0.1) is 0 Å². The molecule has 0 bridgehead atoms. The van der Waals surface area contributed by atoms with Gasteiger partial charge in [-0.05, 0) is 0 Å². The molecule has 6 nitrogen and oxygen atoms in total. The van der Waals surface area contributed by atoms with Crippen molar-refractivity contribution in [2.75, 3.05) is 0 Å². The van der Waals surface area contributed by atoms with Crippen LogP contribution in [0.3, 0.4) is 0 Å². The normalized spacial score (nSPS) is 5.60. The maximum atomic E-state index is 9.00. The number of carboxylic acid groups (broad SMARTS) is 2. The van der Waals surface area contributed by atoms with Gasteiger partial charge in [0.1, 0.15) is 0 Å². The molecule has 0 saturated heterocycles. The van der Waals surface area contributed by atoms with E-state index in [1.54, 1.807) is 0 Å². The summed E-state index contributed by atoms with van der Waals surface area (Å²) in [6.45, 7) is 2.17. The molecule has 0 aromatic carbocycles. The van der Waals surface area contributed by atoms with Gasteiger partial charge in [-0.25, -0.2) is 0 Å². The predicted octanol–water partition coefficient (Wildman–Crippen LogP) is 0.199. The highest BCUT2D eigenvalue weighted by Gasteiger charge is 1.65. The molecule has 0 aromatic rings. The number of aliphatic carboxylic acids is 2. The van der Waals surface area contributed by atoms with Crippen molar-refractivity contribution < 1.29 is 30.3 Å². The lowest BCUT2D eigenvalue weighted by Crippen LogP contribution is -1.78. The Kier molecular flexibility index (Phi) is 25.0. The van der Waals surface area contributed by atoms with E-state index in [4.69, 9.17) is 30.3 Å². The monoisotopic (exact) mass is 154 g/mol. The van der Waals surface area contributed by atoms with Crippen molar-refractivity contribution in [1.29, 1.82) is 0 Å². The van der Waals surface area contributed by atoms with Crippen molar-refractivity contribution >= 4 is 11.9 Å². The van der Waals surface area contributed by atoms with Crippen molar-refractivity contribution in [1.82, 2.24) is 0 Å². The van der Waals surface area contributed by atoms with Gasteiger partial charge in [0.15, 0.2) is 0 Å². The molecule has 0 unspecified atom stereocenters. The van der Waals surface area contributed by atoms with Crippen LogP contribution in [0.2, 0.25) is 0 Å². The molecule has 0 fully saturated rings. The van der Waals surface area contributed by atoms with Crippen LogP contribution in [-0.2, 0) is 9.59 Å². The average molecular weight is 154 g/mol. The van der Waals surface area contributed by atoms with E-state index >= 15 is 0 Å². The lowest BCUT2D eigenvalue weighted by atomic mass is 10.9. The Morgan fingerprint density at radius 2 is 0.900 bits per heavy atom. The third kappa shape index (κ3) is 181. The minimum atomic E-state index is -0.833. The smallest absolute Gasteiger partial charge is 0.300 e. The second-order valence-corrected chi connectivity index (χ2v) is 1.04. The number of carbonyl (C=O) groups is 2. The third-order valence-corrected chi connectivity index (χ3v) is 0. The molecule has 0 spiro atoms. The first-order valence-corrected chi connectivity index (χ1v) is 2.06. The van der Waals surface area contributed by atoms with Gasteiger partial charge < -0.3 is 10.2 Å². The molecular weight excluding hydrogens is 144 g/mol. The van der Waals surface area contributed by atoms with E-state index in [9.17, 15) is 0 Å². The van der Waals surface area contributed by atoms with E-state index < -0.39 is 11.9 Å². The average Bonchev–Trinajstić information content (AvgIpc) is 1.66. The quantitative estimate of drug-likeness (QED) is 0.292. The first-order chi connectivity index (χ1) is 4.46. The lowest BCUT2D eigenvalue weighted by Gasteiger charge is -1.59.